The quantitative estimate of drug-likeness (QED) is 0.122. The van der Waals surface area contributed by atoms with Crippen LogP contribution in [0.15, 0.2) is 18.2 Å². The average molecular weight is 548 g/mol. The first-order chi connectivity index (χ1) is 16.5. The zero-order chi connectivity index (χ0) is 26.4. The molecular formula is C23H33NO8S3. The van der Waals surface area contributed by atoms with Gasteiger partial charge in [-0.3, -0.25) is 9.59 Å². The van der Waals surface area contributed by atoms with Crippen LogP contribution in [0, 0.1) is 0 Å². The summed E-state index contributed by atoms with van der Waals surface area (Å²) in [5.41, 5.74) is 2.40. The molecule has 35 heavy (non-hydrogen) atoms. The van der Waals surface area contributed by atoms with Crippen LogP contribution in [0.1, 0.15) is 72.6 Å². The SMILES string of the molecule is CCCCOC(=O)N[C@@H](CSCc1cc(C(S)CCC(=O)O)cc(C(S)CCC(=O)O)c1)C(=O)O. The first-order valence-corrected chi connectivity index (χ1v) is 13.4. The van der Waals surface area contributed by atoms with Crippen LogP contribution >= 0.6 is 37.0 Å². The maximum Gasteiger partial charge on any atom is 0.407 e. The maximum absolute atomic E-state index is 11.8. The second-order valence-corrected chi connectivity index (χ2v) is 10.2. The largest absolute Gasteiger partial charge is 0.481 e. The van der Waals surface area contributed by atoms with E-state index in [2.05, 4.69) is 30.6 Å². The van der Waals surface area contributed by atoms with E-state index in [1.807, 2.05) is 25.1 Å². The minimum atomic E-state index is -1.17. The fraction of sp³-hybridized carbons (Fsp3) is 0.565. The Bertz CT molecular complexity index is 825. The highest BCUT2D eigenvalue weighted by Crippen LogP contribution is 2.33. The van der Waals surface area contributed by atoms with E-state index in [4.69, 9.17) is 14.9 Å². The van der Waals surface area contributed by atoms with Crippen molar-refractivity contribution in [3.63, 3.8) is 0 Å². The maximum atomic E-state index is 11.8. The normalized spacial score (nSPS) is 13.5. The average Bonchev–Trinajstić information content (AvgIpc) is 2.80. The van der Waals surface area contributed by atoms with Gasteiger partial charge >= 0.3 is 24.0 Å². The molecule has 1 amide bonds. The Morgan fingerprint density at radius 3 is 1.97 bits per heavy atom. The number of hydrogen-bond donors (Lipinski definition) is 6. The van der Waals surface area contributed by atoms with E-state index in [0.717, 1.165) is 23.1 Å². The van der Waals surface area contributed by atoms with Gasteiger partial charge in [-0.25, -0.2) is 9.59 Å². The van der Waals surface area contributed by atoms with Crippen molar-refractivity contribution in [1.29, 1.82) is 0 Å². The molecule has 12 heteroatoms. The molecular weight excluding hydrogens is 514 g/mol. The number of carbonyl (C=O) groups is 4. The van der Waals surface area contributed by atoms with Crippen molar-refractivity contribution in [3.05, 3.63) is 34.9 Å². The zero-order valence-corrected chi connectivity index (χ0v) is 22.1. The highest BCUT2D eigenvalue weighted by molar-refractivity contribution is 7.98. The first-order valence-electron chi connectivity index (χ1n) is 11.2. The number of carboxylic acid groups (broad SMARTS) is 3. The Balaban J connectivity index is 2.91. The Morgan fingerprint density at radius 1 is 0.971 bits per heavy atom. The molecule has 0 aliphatic carbocycles. The summed E-state index contributed by atoms with van der Waals surface area (Å²) in [4.78, 5) is 45.3. The summed E-state index contributed by atoms with van der Waals surface area (Å²) in [7, 11) is 0. The molecule has 3 atom stereocenters. The molecule has 0 bridgehead atoms. The van der Waals surface area contributed by atoms with E-state index in [1.165, 1.54) is 11.8 Å². The van der Waals surface area contributed by atoms with Gasteiger partial charge in [-0.05, 0) is 36.0 Å². The number of ether oxygens (including phenoxy) is 1. The van der Waals surface area contributed by atoms with Gasteiger partial charge in [-0.2, -0.15) is 37.0 Å². The Kier molecular flexibility index (Phi) is 14.7. The minimum Gasteiger partial charge on any atom is -0.481 e. The van der Waals surface area contributed by atoms with Crippen LogP contribution in [0.3, 0.4) is 0 Å². The van der Waals surface area contributed by atoms with Crippen LogP contribution in [-0.2, 0) is 24.9 Å². The molecule has 0 aliphatic rings. The fourth-order valence-corrected chi connectivity index (χ4v) is 4.57. The lowest BCUT2D eigenvalue weighted by molar-refractivity contribution is -0.139. The van der Waals surface area contributed by atoms with Gasteiger partial charge in [0.15, 0.2) is 0 Å². The van der Waals surface area contributed by atoms with Crippen molar-refractivity contribution in [2.24, 2.45) is 0 Å². The number of alkyl carbamates (subject to hydrolysis) is 1. The van der Waals surface area contributed by atoms with Gasteiger partial charge < -0.3 is 25.4 Å². The van der Waals surface area contributed by atoms with Gasteiger partial charge in [0, 0.05) is 34.8 Å². The molecule has 9 nitrogen and oxygen atoms in total. The minimum absolute atomic E-state index is 0.0495. The molecule has 196 valence electrons. The van der Waals surface area contributed by atoms with E-state index in [9.17, 15) is 24.3 Å². The van der Waals surface area contributed by atoms with Crippen LogP contribution in [0.2, 0.25) is 0 Å². The highest BCUT2D eigenvalue weighted by Gasteiger charge is 2.21. The number of nitrogens with one attached hydrogen (secondary N) is 1. The van der Waals surface area contributed by atoms with Crippen LogP contribution in [0.4, 0.5) is 4.79 Å². The Labute approximate surface area is 220 Å². The van der Waals surface area contributed by atoms with Crippen LogP contribution < -0.4 is 5.32 Å². The van der Waals surface area contributed by atoms with Gasteiger partial charge in [0.2, 0.25) is 0 Å². The molecule has 0 spiro atoms. The molecule has 1 aromatic carbocycles. The van der Waals surface area contributed by atoms with Gasteiger partial charge in [0.25, 0.3) is 0 Å². The third-order valence-corrected chi connectivity index (χ3v) is 7.16. The zero-order valence-electron chi connectivity index (χ0n) is 19.5. The topological polar surface area (TPSA) is 150 Å². The number of carbonyl (C=O) groups excluding carboxylic acids is 1. The summed E-state index contributed by atoms with van der Waals surface area (Å²) in [6.07, 6.45) is 1.29. The molecule has 0 heterocycles. The number of benzene rings is 1. The van der Waals surface area contributed by atoms with Gasteiger partial charge in [0.05, 0.1) is 6.61 Å². The second kappa shape index (κ2) is 16.6. The summed E-state index contributed by atoms with van der Waals surface area (Å²) in [6, 6.07) is 4.46. The lowest BCUT2D eigenvalue weighted by Gasteiger charge is -2.18. The molecule has 1 aromatic rings. The summed E-state index contributed by atoms with van der Waals surface area (Å²) >= 11 is 10.4. The summed E-state index contributed by atoms with van der Waals surface area (Å²) in [6.45, 7) is 2.17. The molecule has 0 aliphatic heterocycles. The lowest BCUT2D eigenvalue weighted by Crippen LogP contribution is -2.43. The smallest absolute Gasteiger partial charge is 0.407 e. The molecule has 1 rings (SSSR count). The molecule has 4 N–H and O–H groups in total. The number of amides is 1. The van der Waals surface area contributed by atoms with Crippen molar-refractivity contribution in [1.82, 2.24) is 5.32 Å². The first kappa shape index (κ1) is 31.0. The summed E-state index contributed by atoms with van der Waals surface area (Å²) in [5.74, 6) is -2.51. The van der Waals surface area contributed by atoms with Crippen LogP contribution in [0.25, 0.3) is 0 Å². The van der Waals surface area contributed by atoms with Crippen molar-refractivity contribution in [3.8, 4) is 0 Å². The second-order valence-electron chi connectivity index (χ2n) is 7.94. The predicted octanol–water partition coefficient (Wildman–Crippen LogP) is 4.57. The van der Waals surface area contributed by atoms with Crippen molar-refractivity contribution in [2.75, 3.05) is 12.4 Å². The number of unbranched alkanes of at least 4 members (excludes halogenated alkanes) is 1. The number of thiol groups is 2. The van der Waals surface area contributed by atoms with Gasteiger partial charge in [0.1, 0.15) is 6.04 Å². The van der Waals surface area contributed by atoms with Crippen molar-refractivity contribution < 1.29 is 39.2 Å². The number of hydrogen-bond acceptors (Lipinski definition) is 8. The van der Waals surface area contributed by atoms with E-state index >= 15 is 0 Å². The van der Waals surface area contributed by atoms with Crippen molar-refractivity contribution in [2.45, 2.75) is 67.7 Å². The molecule has 2 unspecified atom stereocenters. The molecule has 0 fully saturated rings. The monoisotopic (exact) mass is 547 g/mol. The van der Waals surface area contributed by atoms with Gasteiger partial charge in [-0.1, -0.05) is 31.5 Å². The van der Waals surface area contributed by atoms with Gasteiger partial charge in [-0.15, -0.1) is 0 Å². The van der Waals surface area contributed by atoms with E-state index < -0.39 is 30.0 Å². The van der Waals surface area contributed by atoms with E-state index in [-0.39, 0.29) is 35.7 Å². The standard InChI is InChI=1S/C23H33NO8S3/c1-2-3-8-32-23(31)24-17(22(29)30)13-35-12-14-9-15(18(33)4-6-20(25)26)11-16(10-14)19(34)5-7-21(27)28/h9-11,17-19,33-34H,2-8,12-13H2,1H3,(H,24,31)(H,25,26)(H,27,28)(H,29,30)/t17-,18?,19?/m0/s1. The number of thioether (sulfide) groups is 1. The Hall–Kier alpha value is -2.05. The summed E-state index contributed by atoms with van der Waals surface area (Å²) in [5, 5.41) is 29.0. The number of rotatable bonds is 17. The third kappa shape index (κ3) is 13.0. The van der Waals surface area contributed by atoms with Crippen molar-refractivity contribution >= 4 is 61.0 Å². The molecule has 0 saturated carbocycles. The fourth-order valence-electron chi connectivity index (χ4n) is 3.03. The molecule has 0 aromatic heterocycles. The highest BCUT2D eigenvalue weighted by atomic mass is 32.2. The van der Waals surface area contributed by atoms with Crippen LogP contribution in [0.5, 0.6) is 0 Å². The van der Waals surface area contributed by atoms with E-state index in [0.29, 0.717) is 25.0 Å². The summed E-state index contributed by atoms with van der Waals surface area (Å²) < 4.78 is 4.97. The van der Waals surface area contributed by atoms with Crippen LogP contribution in [-0.4, -0.2) is 57.7 Å². The predicted molar refractivity (Wildman–Crippen MR) is 141 cm³/mol. The molecule has 0 saturated heterocycles. The number of aliphatic carboxylic acids is 3. The van der Waals surface area contributed by atoms with E-state index in [1.54, 1.807) is 0 Å². The lowest BCUT2D eigenvalue weighted by atomic mass is 9.98. The molecule has 0 radical (unpaired) electrons. The Morgan fingerprint density at radius 2 is 1.51 bits per heavy atom. The third-order valence-electron chi connectivity index (χ3n) is 4.94. The number of carboxylic acids is 3.